The van der Waals surface area contributed by atoms with E-state index in [0.717, 1.165) is 146 Å². The summed E-state index contributed by atoms with van der Waals surface area (Å²) in [7, 11) is 1.68. The van der Waals surface area contributed by atoms with Crippen molar-refractivity contribution in [3.63, 3.8) is 0 Å². The molecule has 4 aliphatic rings. The maximum Gasteiger partial charge on any atom is 0.161 e. The van der Waals surface area contributed by atoms with Gasteiger partial charge in [-0.3, -0.25) is 19.6 Å². The Morgan fingerprint density at radius 2 is 0.667 bits per heavy atom. The zero-order chi connectivity index (χ0) is 74.1. The topological polar surface area (TPSA) is 130 Å². The van der Waals surface area contributed by atoms with Crippen LogP contribution in [0.3, 0.4) is 0 Å². The first-order valence-electron chi connectivity index (χ1n) is 39.8. The summed E-state index contributed by atoms with van der Waals surface area (Å²) >= 11 is 0. The standard InChI is InChI=1S/C25H31N3O2.C23H29N3O.C22H27N3O.C21H25N3O/c1-3-9-20-12-13-23(24(18-20)29-2)30-17-16-28-22-11-6-5-10-21(22)26-25(28)19-27-14-7-4-8-15-27;1-18-10-11-22(19(2)16-18)27-15-14-26-21-9-5-4-8-20(21)24-23(26)17-25-12-6-3-7-13-25;1-18-9-11-19(12-10-18)26-16-15-25-21-8-4-3-7-20(21)23-22(25)17-24-13-5-2-6-14-24;1-3-9-18(10-4-1)25-16-15-24-20-12-6-5-11-19(20)22-21(24)17-23-13-7-2-8-14-23/h3,5-6,10-13,18H,1,4,7-9,14-17,19H2,2H3;4-5,8-11,16H,3,6-7,12-15,17H2,1-2H3;3-4,7-12H,2,5-6,13-17H2,1H3;1,3-6,9-12H,2,7-8,13-17H2. The van der Waals surface area contributed by atoms with Gasteiger partial charge < -0.3 is 42.0 Å². The number of rotatable bonds is 27. The highest BCUT2D eigenvalue weighted by Gasteiger charge is 2.22. The van der Waals surface area contributed by atoms with E-state index in [1.807, 2.05) is 60.7 Å². The molecule has 17 heteroatoms. The van der Waals surface area contributed by atoms with Crippen molar-refractivity contribution in [2.24, 2.45) is 0 Å². The summed E-state index contributed by atoms with van der Waals surface area (Å²) in [5, 5.41) is 0. The number of ether oxygens (including phenoxy) is 5. The third kappa shape index (κ3) is 21.1. The number of piperidine rings is 4. The van der Waals surface area contributed by atoms with Crippen LogP contribution < -0.4 is 23.7 Å². The number of benzene rings is 8. The van der Waals surface area contributed by atoms with Crippen molar-refractivity contribution in [1.82, 2.24) is 57.8 Å². The van der Waals surface area contributed by atoms with Crippen LogP contribution in [0.2, 0.25) is 0 Å². The van der Waals surface area contributed by atoms with Gasteiger partial charge in [-0.25, -0.2) is 19.9 Å². The number of allylic oxidation sites excluding steroid dienone is 1. The lowest BCUT2D eigenvalue weighted by molar-refractivity contribution is 0.211. The molecule has 8 aromatic carbocycles. The lowest BCUT2D eigenvalue weighted by Crippen LogP contribution is -2.30. The van der Waals surface area contributed by atoms with Crippen molar-refractivity contribution in [1.29, 1.82) is 0 Å². The van der Waals surface area contributed by atoms with Gasteiger partial charge in [-0.2, -0.15) is 0 Å². The summed E-state index contributed by atoms with van der Waals surface area (Å²) < 4.78 is 38.9. The number of imidazole rings is 4. The van der Waals surface area contributed by atoms with Crippen molar-refractivity contribution < 1.29 is 23.7 Å². The molecule has 0 radical (unpaired) electrons. The molecule has 108 heavy (non-hydrogen) atoms. The minimum absolute atomic E-state index is 0.560. The summed E-state index contributed by atoms with van der Waals surface area (Å²) in [5.74, 6) is 8.94. The van der Waals surface area contributed by atoms with Gasteiger partial charge in [0.15, 0.2) is 11.5 Å². The van der Waals surface area contributed by atoms with Crippen LogP contribution in [-0.4, -0.2) is 144 Å². The van der Waals surface area contributed by atoms with Crippen LogP contribution in [0, 0.1) is 20.8 Å². The third-order valence-corrected chi connectivity index (χ3v) is 21.2. The fourth-order valence-electron chi connectivity index (χ4n) is 15.5. The second-order valence-corrected chi connectivity index (χ2v) is 29.3. The number of methoxy groups -OCH3 is 1. The van der Waals surface area contributed by atoms with Gasteiger partial charge in [-0.1, -0.05) is 140 Å². The molecule has 4 fully saturated rings. The number of fused-ring (bicyclic) bond motifs is 4. The van der Waals surface area contributed by atoms with Gasteiger partial charge in [0.2, 0.25) is 0 Å². The molecule has 0 unspecified atom stereocenters. The van der Waals surface area contributed by atoms with Crippen LogP contribution in [0.15, 0.2) is 201 Å². The number of hydrogen-bond acceptors (Lipinski definition) is 13. The Bertz CT molecular complexity index is 4750. The molecule has 0 aliphatic carbocycles. The fourth-order valence-corrected chi connectivity index (χ4v) is 15.5. The Morgan fingerprint density at radius 3 is 1.04 bits per heavy atom. The highest BCUT2D eigenvalue weighted by atomic mass is 16.5. The first kappa shape index (κ1) is 76.4. The molecule has 4 aromatic heterocycles. The first-order valence-corrected chi connectivity index (χ1v) is 39.8. The van der Waals surface area contributed by atoms with Gasteiger partial charge in [0.05, 0.1) is 104 Å². The molecule has 0 atom stereocenters. The highest BCUT2D eigenvalue weighted by Crippen LogP contribution is 2.30. The van der Waals surface area contributed by atoms with Crippen LogP contribution in [0.25, 0.3) is 44.1 Å². The zero-order valence-electron chi connectivity index (χ0n) is 64.4. The van der Waals surface area contributed by atoms with Crippen LogP contribution in [0.4, 0.5) is 0 Å². The summed E-state index contributed by atoms with van der Waals surface area (Å²) in [6.07, 6.45) is 18.5. The second kappa shape index (κ2) is 39.4. The van der Waals surface area contributed by atoms with E-state index in [4.69, 9.17) is 43.6 Å². The quantitative estimate of drug-likeness (QED) is 0.0453. The van der Waals surface area contributed by atoms with Crippen molar-refractivity contribution >= 4 is 44.1 Å². The minimum atomic E-state index is 0.560. The predicted molar refractivity (Wildman–Crippen MR) is 438 cm³/mol. The van der Waals surface area contributed by atoms with Crippen molar-refractivity contribution in [3.8, 4) is 28.7 Å². The van der Waals surface area contributed by atoms with Crippen molar-refractivity contribution in [2.45, 2.75) is 157 Å². The lowest BCUT2D eigenvalue weighted by Gasteiger charge is -2.26. The van der Waals surface area contributed by atoms with E-state index >= 15 is 0 Å². The minimum Gasteiger partial charge on any atom is -0.493 e. The van der Waals surface area contributed by atoms with Gasteiger partial charge in [0.25, 0.3) is 0 Å². The number of aromatic nitrogens is 8. The maximum absolute atomic E-state index is 6.12. The van der Waals surface area contributed by atoms with E-state index in [1.165, 1.54) is 161 Å². The average Bonchev–Trinajstić information content (AvgIpc) is 1.67. The van der Waals surface area contributed by atoms with E-state index in [1.54, 1.807) is 7.11 Å². The predicted octanol–water partition coefficient (Wildman–Crippen LogP) is 18.1. The molecule has 17 nitrogen and oxygen atoms in total. The molecule has 8 heterocycles. The molecule has 0 N–H and O–H groups in total. The molecule has 12 aromatic rings. The Labute approximate surface area is 639 Å². The number of para-hydroxylation sites is 9. The van der Waals surface area contributed by atoms with Crippen LogP contribution in [0.1, 0.15) is 123 Å². The van der Waals surface area contributed by atoms with Crippen LogP contribution >= 0.6 is 0 Å². The number of nitrogens with zero attached hydrogens (tertiary/aromatic N) is 12. The lowest BCUT2D eigenvalue weighted by atomic mass is 10.1. The molecule has 566 valence electrons. The molecule has 16 rings (SSSR count). The molecule has 0 amide bonds. The summed E-state index contributed by atoms with van der Waals surface area (Å²) in [4.78, 5) is 29.8. The Hall–Kier alpha value is -9.78. The average molecular weight is 1450 g/mol. The summed E-state index contributed by atoms with van der Waals surface area (Å²) in [6, 6.07) is 64.3. The SMILES string of the molecule is C=CCc1ccc(OCCn2c(CN3CCCCC3)nc3ccccc32)c(OC)c1.Cc1ccc(OCCn2c(CN3CCCCC3)nc3ccccc32)c(C)c1.Cc1ccc(OCCn2c(CN3CCCCC3)nc3ccccc32)cc1.c1ccc(OCCn2c(CN3CCCCC3)nc3ccccc32)cc1. The molecular formula is C91H112N12O5. The normalized spacial score (nSPS) is 15.2. The molecule has 4 saturated heterocycles. The van der Waals surface area contributed by atoms with E-state index < -0.39 is 0 Å². The van der Waals surface area contributed by atoms with Gasteiger partial charge in [0.1, 0.15) is 67.0 Å². The number of aryl methyl sites for hydroxylation is 3. The summed E-state index contributed by atoms with van der Waals surface area (Å²) in [5.41, 5.74) is 13.9. The van der Waals surface area contributed by atoms with Crippen LogP contribution in [-0.2, 0) is 58.8 Å². The fraction of sp³-hybridized carbons (Fsp3) is 0.407. The van der Waals surface area contributed by atoms with Crippen LogP contribution in [0.5, 0.6) is 28.7 Å². The van der Waals surface area contributed by atoms with Gasteiger partial charge in [-0.05, 0) is 233 Å². The molecule has 0 saturated carbocycles. The zero-order valence-corrected chi connectivity index (χ0v) is 64.4. The highest BCUT2D eigenvalue weighted by molar-refractivity contribution is 5.78. The summed E-state index contributed by atoms with van der Waals surface area (Å²) in [6.45, 7) is 28.9. The van der Waals surface area contributed by atoms with E-state index in [0.29, 0.717) is 26.4 Å². The van der Waals surface area contributed by atoms with Crippen molar-refractivity contribution in [3.05, 3.63) is 246 Å². The first-order chi connectivity index (χ1) is 53.2. The van der Waals surface area contributed by atoms with Gasteiger partial charge in [0, 0.05) is 0 Å². The molecule has 0 bridgehead atoms. The van der Waals surface area contributed by atoms with Crippen molar-refractivity contribution in [2.75, 3.05) is 85.9 Å². The Balaban J connectivity index is 0.000000127. The number of hydrogen-bond donors (Lipinski definition) is 0. The maximum atomic E-state index is 6.12. The van der Waals surface area contributed by atoms with E-state index in [-0.39, 0.29) is 0 Å². The smallest absolute Gasteiger partial charge is 0.161 e. The molecule has 0 spiro atoms. The van der Waals surface area contributed by atoms with Gasteiger partial charge in [-0.15, -0.1) is 6.58 Å². The number of likely N-dealkylation sites (tertiary alicyclic amines) is 4. The largest absolute Gasteiger partial charge is 0.493 e. The van der Waals surface area contributed by atoms with E-state index in [2.05, 4.69) is 199 Å². The second-order valence-electron chi connectivity index (χ2n) is 29.3. The van der Waals surface area contributed by atoms with Gasteiger partial charge >= 0.3 is 0 Å². The molecule has 4 aliphatic heterocycles. The Kier molecular flexibility index (Phi) is 27.9. The molecular weight excluding hydrogens is 1340 g/mol. The third-order valence-electron chi connectivity index (χ3n) is 21.2. The van der Waals surface area contributed by atoms with E-state index in [9.17, 15) is 0 Å². The Morgan fingerprint density at radius 1 is 0.333 bits per heavy atom. The monoisotopic (exact) mass is 1450 g/mol.